The van der Waals surface area contributed by atoms with Gasteiger partial charge in [0.15, 0.2) is 0 Å². The predicted octanol–water partition coefficient (Wildman–Crippen LogP) is 5.46. The van der Waals surface area contributed by atoms with Gasteiger partial charge in [0.05, 0.1) is 0 Å². The summed E-state index contributed by atoms with van der Waals surface area (Å²) in [6.45, 7) is 0. The molecule has 0 rings (SSSR count). The van der Waals surface area contributed by atoms with Crippen molar-refractivity contribution in [3.05, 3.63) is 0 Å². The second kappa shape index (κ2) is 19.3. The van der Waals surface area contributed by atoms with Crippen molar-refractivity contribution in [2.75, 3.05) is 31.8 Å². The van der Waals surface area contributed by atoms with Crippen LogP contribution >= 0.6 is 31.9 Å². The number of rotatable bonds is 10. The number of hydrogen-bond donors (Lipinski definition) is 0. The molecule has 0 N–H and O–H groups in total. The molecular formula is C14H31Br2N. The molecule has 17 heavy (non-hydrogen) atoms. The summed E-state index contributed by atoms with van der Waals surface area (Å²) in [7, 11) is 6.00. The third kappa shape index (κ3) is 31.6. The number of unbranched alkanes of at least 4 members (excludes halogenated alkanes) is 8. The molecule has 0 bridgehead atoms. The minimum atomic E-state index is 1.18. The van der Waals surface area contributed by atoms with Crippen LogP contribution in [0, 0.1) is 0 Å². The van der Waals surface area contributed by atoms with Crippen LogP contribution < -0.4 is 0 Å². The molecule has 0 saturated carbocycles. The van der Waals surface area contributed by atoms with E-state index in [4.69, 9.17) is 0 Å². The summed E-state index contributed by atoms with van der Waals surface area (Å²) in [4.78, 5) is 2.00. The molecule has 0 heterocycles. The largest absolute Gasteiger partial charge is 0.312 e. The molecule has 0 atom stereocenters. The Morgan fingerprint density at radius 3 is 0.882 bits per heavy atom. The molecule has 0 aromatic heterocycles. The molecule has 0 saturated heterocycles. The lowest BCUT2D eigenvalue weighted by molar-refractivity contribution is 0.505. The van der Waals surface area contributed by atoms with Crippen molar-refractivity contribution >= 4 is 31.9 Å². The van der Waals surface area contributed by atoms with Crippen LogP contribution in [0.15, 0.2) is 0 Å². The highest BCUT2D eigenvalue weighted by Crippen LogP contribution is 2.10. The molecule has 0 aliphatic carbocycles. The monoisotopic (exact) mass is 371 g/mol. The van der Waals surface area contributed by atoms with Gasteiger partial charge in [0.2, 0.25) is 0 Å². The Balaban J connectivity index is 0. The van der Waals surface area contributed by atoms with Crippen molar-refractivity contribution in [3.63, 3.8) is 0 Å². The van der Waals surface area contributed by atoms with E-state index in [1.807, 2.05) is 26.0 Å². The van der Waals surface area contributed by atoms with Crippen LogP contribution in [0.1, 0.15) is 57.8 Å². The summed E-state index contributed by atoms with van der Waals surface area (Å²) in [6, 6.07) is 0. The Morgan fingerprint density at radius 2 is 0.706 bits per heavy atom. The van der Waals surface area contributed by atoms with Crippen LogP contribution in [0.3, 0.4) is 0 Å². The second-order valence-electron chi connectivity index (χ2n) is 4.90. The molecular weight excluding hydrogens is 342 g/mol. The van der Waals surface area contributed by atoms with Crippen LogP contribution in [-0.4, -0.2) is 36.7 Å². The standard InChI is InChI=1S/C11H22Br2.C3H9N/c12-10-8-6-4-2-1-3-5-7-9-11-13;1-4(2)3/h1-11H2;1-3H3. The maximum absolute atomic E-state index is 3.46. The van der Waals surface area contributed by atoms with E-state index in [0.717, 1.165) is 0 Å². The zero-order valence-corrected chi connectivity index (χ0v) is 15.2. The summed E-state index contributed by atoms with van der Waals surface area (Å²) < 4.78 is 0. The van der Waals surface area contributed by atoms with Gasteiger partial charge in [-0.15, -0.1) is 0 Å². The smallest absolute Gasteiger partial charge is 0.00313 e. The van der Waals surface area contributed by atoms with Crippen LogP contribution in [-0.2, 0) is 0 Å². The Morgan fingerprint density at radius 1 is 0.529 bits per heavy atom. The Hall–Kier alpha value is 0.920. The highest BCUT2D eigenvalue weighted by atomic mass is 79.9. The maximum Gasteiger partial charge on any atom is 0.00313 e. The summed E-state index contributed by atoms with van der Waals surface area (Å²) in [5.74, 6) is 0. The molecule has 0 aromatic carbocycles. The first-order valence-corrected chi connectivity index (χ1v) is 9.12. The van der Waals surface area contributed by atoms with Crippen molar-refractivity contribution < 1.29 is 0 Å². The second-order valence-corrected chi connectivity index (χ2v) is 6.49. The molecule has 3 heteroatoms. The van der Waals surface area contributed by atoms with Crippen molar-refractivity contribution in [2.45, 2.75) is 57.8 Å². The number of halogens is 2. The van der Waals surface area contributed by atoms with Gasteiger partial charge in [-0.05, 0) is 34.0 Å². The fraction of sp³-hybridized carbons (Fsp3) is 1.00. The number of alkyl halides is 2. The first-order valence-electron chi connectivity index (χ1n) is 6.88. The summed E-state index contributed by atoms with van der Waals surface area (Å²) >= 11 is 6.91. The Kier molecular flexibility index (Phi) is 22.9. The average molecular weight is 373 g/mol. The van der Waals surface area contributed by atoms with Crippen LogP contribution in [0.2, 0.25) is 0 Å². The van der Waals surface area contributed by atoms with Crippen molar-refractivity contribution in [3.8, 4) is 0 Å². The maximum atomic E-state index is 3.46. The first kappa shape index (κ1) is 20.2. The predicted molar refractivity (Wildman–Crippen MR) is 88.8 cm³/mol. The topological polar surface area (TPSA) is 3.24 Å². The zero-order valence-electron chi connectivity index (χ0n) is 12.0. The lowest BCUT2D eigenvalue weighted by atomic mass is 10.1. The number of hydrogen-bond acceptors (Lipinski definition) is 1. The highest BCUT2D eigenvalue weighted by molar-refractivity contribution is 9.09. The van der Waals surface area contributed by atoms with Crippen LogP contribution in [0.4, 0.5) is 0 Å². The van der Waals surface area contributed by atoms with Crippen molar-refractivity contribution in [1.82, 2.24) is 4.90 Å². The molecule has 0 aliphatic heterocycles. The van der Waals surface area contributed by atoms with Gasteiger partial charge >= 0.3 is 0 Å². The molecule has 106 valence electrons. The fourth-order valence-corrected chi connectivity index (χ4v) is 2.22. The molecule has 1 nitrogen and oxygen atoms in total. The van der Waals surface area contributed by atoms with Gasteiger partial charge in [-0.1, -0.05) is 76.8 Å². The van der Waals surface area contributed by atoms with Gasteiger partial charge < -0.3 is 4.90 Å². The van der Waals surface area contributed by atoms with E-state index in [2.05, 4.69) is 31.9 Å². The third-order valence-corrected chi connectivity index (χ3v) is 3.39. The van der Waals surface area contributed by atoms with Crippen LogP contribution in [0.25, 0.3) is 0 Å². The molecule has 0 radical (unpaired) electrons. The van der Waals surface area contributed by atoms with Gasteiger partial charge in [0.25, 0.3) is 0 Å². The highest BCUT2D eigenvalue weighted by Gasteiger charge is 1.91. The van der Waals surface area contributed by atoms with Gasteiger partial charge in [-0.25, -0.2) is 0 Å². The van der Waals surface area contributed by atoms with E-state index in [9.17, 15) is 0 Å². The summed E-state index contributed by atoms with van der Waals surface area (Å²) in [5, 5.41) is 2.36. The van der Waals surface area contributed by atoms with Gasteiger partial charge in [-0.2, -0.15) is 0 Å². The van der Waals surface area contributed by atoms with Gasteiger partial charge in [0, 0.05) is 10.7 Å². The molecule has 0 aromatic rings. The van der Waals surface area contributed by atoms with E-state index < -0.39 is 0 Å². The minimum absolute atomic E-state index is 1.18. The van der Waals surface area contributed by atoms with E-state index in [0.29, 0.717) is 0 Å². The Bertz CT molecular complexity index is 106. The summed E-state index contributed by atoms with van der Waals surface area (Å²) in [5.41, 5.74) is 0. The quantitative estimate of drug-likeness (QED) is 0.363. The number of nitrogens with zero attached hydrogens (tertiary/aromatic N) is 1. The summed E-state index contributed by atoms with van der Waals surface area (Å²) in [6.07, 6.45) is 12.7. The van der Waals surface area contributed by atoms with Crippen LogP contribution in [0.5, 0.6) is 0 Å². The first-order chi connectivity index (χ1) is 8.15. The van der Waals surface area contributed by atoms with Gasteiger partial charge in [-0.3, -0.25) is 0 Å². The molecule has 0 aliphatic rings. The fourth-order valence-electron chi connectivity index (χ4n) is 1.43. The normalized spacial score (nSPS) is 10.2. The SMILES string of the molecule is BrCCCCCCCCCCCBr.CN(C)C. The van der Waals surface area contributed by atoms with Gasteiger partial charge in [0.1, 0.15) is 0 Å². The molecule has 0 unspecified atom stereocenters. The van der Waals surface area contributed by atoms with E-state index >= 15 is 0 Å². The average Bonchev–Trinajstić information content (AvgIpc) is 2.26. The lowest BCUT2D eigenvalue weighted by Gasteiger charge is -2.00. The third-order valence-electron chi connectivity index (χ3n) is 2.27. The van der Waals surface area contributed by atoms with E-state index in [1.165, 1.54) is 68.4 Å². The minimum Gasteiger partial charge on any atom is -0.312 e. The molecule has 0 fully saturated rings. The van der Waals surface area contributed by atoms with E-state index in [-0.39, 0.29) is 0 Å². The zero-order chi connectivity index (χ0) is 13.4. The molecule has 0 spiro atoms. The van der Waals surface area contributed by atoms with Crippen molar-refractivity contribution in [2.24, 2.45) is 0 Å². The van der Waals surface area contributed by atoms with E-state index in [1.54, 1.807) is 0 Å². The van der Waals surface area contributed by atoms with Crippen molar-refractivity contribution in [1.29, 1.82) is 0 Å². The molecule has 0 amide bonds. The Labute approximate surface area is 126 Å². The lowest BCUT2D eigenvalue weighted by Crippen LogP contribution is -1.99.